The molecule has 8 heteroatoms. The standard InChI is InChI=1S/C14H26N4O3S/c1-3-4-8-13-16-14(21-17-13)11-18-9-6-5-7-12(18)10-15-22(2,19)20/h12,15H,3-11H2,1-2H3. The van der Waals surface area contributed by atoms with Crippen LogP contribution < -0.4 is 4.72 Å². The average molecular weight is 330 g/mol. The number of hydrogen-bond acceptors (Lipinski definition) is 6. The summed E-state index contributed by atoms with van der Waals surface area (Å²) in [5.74, 6) is 1.39. The fourth-order valence-corrected chi connectivity index (χ4v) is 3.21. The van der Waals surface area contributed by atoms with E-state index in [9.17, 15) is 8.42 Å². The smallest absolute Gasteiger partial charge is 0.240 e. The summed E-state index contributed by atoms with van der Waals surface area (Å²) in [5, 5.41) is 4.01. The Hall–Kier alpha value is -0.990. The summed E-state index contributed by atoms with van der Waals surface area (Å²) in [4.78, 5) is 6.66. The summed E-state index contributed by atoms with van der Waals surface area (Å²) in [6.45, 7) is 4.10. The van der Waals surface area contributed by atoms with Crippen molar-refractivity contribution < 1.29 is 12.9 Å². The van der Waals surface area contributed by atoms with Crippen LogP contribution in [0, 0.1) is 0 Å². The molecule has 1 atom stereocenters. The second-order valence-corrected chi connectivity index (χ2v) is 7.78. The molecule has 1 fully saturated rings. The monoisotopic (exact) mass is 330 g/mol. The van der Waals surface area contributed by atoms with Gasteiger partial charge in [0.1, 0.15) is 0 Å². The molecule has 0 radical (unpaired) electrons. The maximum Gasteiger partial charge on any atom is 0.240 e. The number of sulfonamides is 1. The molecule has 1 unspecified atom stereocenters. The summed E-state index contributed by atoms with van der Waals surface area (Å²) in [5.41, 5.74) is 0. The van der Waals surface area contributed by atoms with Crippen molar-refractivity contribution in [2.45, 2.75) is 58.0 Å². The Morgan fingerprint density at radius 1 is 1.41 bits per heavy atom. The number of aromatic nitrogens is 2. The van der Waals surface area contributed by atoms with Gasteiger partial charge < -0.3 is 4.52 Å². The molecule has 0 aromatic carbocycles. The van der Waals surface area contributed by atoms with Crippen LogP contribution in [0.1, 0.15) is 50.7 Å². The molecule has 1 aromatic heterocycles. The van der Waals surface area contributed by atoms with E-state index in [-0.39, 0.29) is 6.04 Å². The van der Waals surface area contributed by atoms with Crippen LogP contribution in [0.4, 0.5) is 0 Å². The van der Waals surface area contributed by atoms with Gasteiger partial charge in [0.2, 0.25) is 15.9 Å². The number of aryl methyl sites for hydroxylation is 1. The van der Waals surface area contributed by atoms with Gasteiger partial charge in [-0.15, -0.1) is 0 Å². The van der Waals surface area contributed by atoms with Crippen molar-refractivity contribution in [2.24, 2.45) is 0 Å². The predicted octanol–water partition coefficient (Wildman–Crippen LogP) is 1.32. The Bertz CT molecular complexity index is 558. The molecule has 0 saturated carbocycles. The van der Waals surface area contributed by atoms with E-state index in [0.717, 1.165) is 50.9 Å². The predicted molar refractivity (Wildman–Crippen MR) is 83.8 cm³/mol. The highest BCUT2D eigenvalue weighted by Crippen LogP contribution is 2.19. The van der Waals surface area contributed by atoms with Crippen LogP contribution in [0.25, 0.3) is 0 Å². The molecule has 7 nitrogen and oxygen atoms in total. The number of likely N-dealkylation sites (tertiary alicyclic amines) is 1. The van der Waals surface area contributed by atoms with E-state index in [1.165, 1.54) is 6.26 Å². The molecule has 0 amide bonds. The first-order valence-corrected chi connectivity index (χ1v) is 9.87. The molecule has 2 heterocycles. The second kappa shape index (κ2) is 8.03. The third kappa shape index (κ3) is 5.66. The Morgan fingerprint density at radius 2 is 2.23 bits per heavy atom. The van der Waals surface area contributed by atoms with Gasteiger partial charge in [-0.2, -0.15) is 4.98 Å². The van der Waals surface area contributed by atoms with Crippen LogP contribution in [-0.2, 0) is 23.0 Å². The molecular weight excluding hydrogens is 304 g/mol. The lowest BCUT2D eigenvalue weighted by Crippen LogP contribution is -2.46. The fraction of sp³-hybridized carbons (Fsp3) is 0.857. The van der Waals surface area contributed by atoms with Crippen LogP contribution in [0.3, 0.4) is 0 Å². The van der Waals surface area contributed by atoms with Gasteiger partial charge in [-0.1, -0.05) is 24.9 Å². The van der Waals surface area contributed by atoms with E-state index in [4.69, 9.17) is 4.52 Å². The van der Waals surface area contributed by atoms with E-state index >= 15 is 0 Å². The third-order valence-corrected chi connectivity index (χ3v) is 4.62. The fourth-order valence-electron chi connectivity index (χ4n) is 2.71. The summed E-state index contributed by atoms with van der Waals surface area (Å²) >= 11 is 0. The zero-order valence-corrected chi connectivity index (χ0v) is 14.2. The van der Waals surface area contributed by atoms with Crippen molar-refractivity contribution in [2.75, 3.05) is 19.3 Å². The first-order valence-electron chi connectivity index (χ1n) is 7.98. The third-order valence-electron chi connectivity index (χ3n) is 3.93. The minimum absolute atomic E-state index is 0.189. The van der Waals surface area contributed by atoms with Gasteiger partial charge in [0.05, 0.1) is 12.8 Å². The van der Waals surface area contributed by atoms with Gasteiger partial charge >= 0.3 is 0 Å². The number of unbranched alkanes of at least 4 members (excludes halogenated alkanes) is 1. The number of nitrogens with one attached hydrogen (secondary N) is 1. The highest BCUT2D eigenvalue weighted by molar-refractivity contribution is 7.88. The van der Waals surface area contributed by atoms with Crippen LogP contribution in [0.2, 0.25) is 0 Å². The number of piperidine rings is 1. The molecule has 1 saturated heterocycles. The van der Waals surface area contributed by atoms with Crippen LogP contribution in [0.5, 0.6) is 0 Å². The SMILES string of the molecule is CCCCc1noc(CN2CCCCC2CNS(C)(=O)=O)n1. The van der Waals surface area contributed by atoms with E-state index in [1.54, 1.807) is 0 Å². The highest BCUT2D eigenvalue weighted by atomic mass is 32.2. The molecular formula is C14H26N4O3S. The molecule has 2 rings (SSSR count). The molecule has 1 aliphatic rings. The zero-order valence-electron chi connectivity index (χ0n) is 13.4. The van der Waals surface area contributed by atoms with Gasteiger partial charge in [0.25, 0.3) is 0 Å². The Labute approximate surface area is 132 Å². The summed E-state index contributed by atoms with van der Waals surface area (Å²) in [6, 6.07) is 0.189. The van der Waals surface area contributed by atoms with Crippen molar-refractivity contribution in [1.29, 1.82) is 0 Å². The second-order valence-electron chi connectivity index (χ2n) is 5.95. The lowest BCUT2D eigenvalue weighted by Gasteiger charge is -2.34. The van der Waals surface area contributed by atoms with Crippen molar-refractivity contribution in [3.8, 4) is 0 Å². The minimum Gasteiger partial charge on any atom is -0.338 e. The van der Waals surface area contributed by atoms with Gasteiger partial charge in [0, 0.05) is 19.0 Å². The van der Waals surface area contributed by atoms with Crippen LogP contribution >= 0.6 is 0 Å². The number of hydrogen-bond donors (Lipinski definition) is 1. The number of nitrogens with zero attached hydrogens (tertiary/aromatic N) is 3. The van der Waals surface area contributed by atoms with E-state index in [1.807, 2.05) is 0 Å². The van der Waals surface area contributed by atoms with Crippen molar-refractivity contribution in [1.82, 2.24) is 19.8 Å². The van der Waals surface area contributed by atoms with Crippen molar-refractivity contribution in [3.63, 3.8) is 0 Å². The molecule has 1 aromatic rings. The first-order chi connectivity index (χ1) is 10.5. The average Bonchev–Trinajstić information content (AvgIpc) is 2.91. The largest absolute Gasteiger partial charge is 0.338 e. The summed E-state index contributed by atoms with van der Waals surface area (Å²) in [6.07, 6.45) is 7.43. The summed E-state index contributed by atoms with van der Waals surface area (Å²) < 4.78 is 30.5. The Balaban J connectivity index is 1.91. The van der Waals surface area contributed by atoms with E-state index < -0.39 is 10.0 Å². The number of rotatable bonds is 8. The van der Waals surface area contributed by atoms with Crippen molar-refractivity contribution >= 4 is 10.0 Å². The minimum atomic E-state index is -3.15. The molecule has 126 valence electrons. The van der Waals surface area contributed by atoms with Gasteiger partial charge in [-0.05, 0) is 25.8 Å². The van der Waals surface area contributed by atoms with Gasteiger partial charge in [-0.3, -0.25) is 4.90 Å². The maximum absolute atomic E-state index is 11.3. The summed E-state index contributed by atoms with van der Waals surface area (Å²) in [7, 11) is -3.15. The van der Waals surface area contributed by atoms with Gasteiger partial charge in [0.15, 0.2) is 5.82 Å². The molecule has 1 aliphatic heterocycles. The normalized spacial score (nSPS) is 20.4. The van der Waals surface area contributed by atoms with Crippen molar-refractivity contribution in [3.05, 3.63) is 11.7 Å². The lowest BCUT2D eigenvalue weighted by molar-refractivity contribution is 0.125. The molecule has 1 N–H and O–H groups in total. The maximum atomic E-state index is 11.3. The molecule has 22 heavy (non-hydrogen) atoms. The molecule has 0 aliphatic carbocycles. The Morgan fingerprint density at radius 3 is 2.95 bits per heavy atom. The lowest BCUT2D eigenvalue weighted by atomic mass is 10.0. The zero-order chi connectivity index (χ0) is 16.0. The van der Waals surface area contributed by atoms with Crippen LogP contribution in [0.15, 0.2) is 4.52 Å². The first kappa shape index (κ1) is 17.4. The highest BCUT2D eigenvalue weighted by Gasteiger charge is 2.25. The quantitative estimate of drug-likeness (QED) is 0.773. The molecule has 0 spiro atoms. The van der Waals surface area contributed by atoms with E-state index in [0.29, 0.717) is 19.0 Å². The van der Waals surface area contributed by atoms with Gasteiger partial charge in [-0.25, -0.2) is 13.1 Å². The Kier molecular flexibility index (Phi) is 6.34. The molecule has 0 bridgehead atoms. The van der Waals surface area contributed by atoms with Crippen LogP contribution in [-0.4, -0.2) is 48.8 Å². The topological polar surface area (TPSA) is 88.3 Å². The van der Waals surface area contributed by atoms with E-state index in [2.05, 4.69) is 26.7 Å².